The zero-order valence-corrected chi connectivity index (χ0v) is 12.8. The van der Waals surface area contributed by atoms with Crippen LogP contribution in [0.5, 0.6) is 0 Å². The van der Waals surface area contributed by atoms with E-state index >= 15 is 0 Å². The van der Waals surface area contributed by atoms with Gasteiger partial charge in [0.25, 0.3) is 0 Å². The van der Waals surface area contributed by atoms with Gasteiger partial charge in [-0.25, -0.2) is 9.59 Å². The van der Waals surface area contributed by atoms with Gasteiger partial charge in [0, 0.05) is 10.2 Å². The van der Waals surface area contributed by atoms with Gasteiger partial charge in [0.15, 0.2) is 0 Å². The molecule has 0 radical (unpaired) electrons. The van der Waals surface area contributed by atoms with Gasteiger partial charge >= 0.3 is 12.0 Å². The third-order valence-corrected chi connectivity index (χ3v) is 3.34. The van der Waals surface area contributed by atoms with Crippen LogP contribution >= 0.6 is 15.9 Å². The Morgan fingerprint density at radius 2 is 1.71 bits per heavy atom. The summed E-state index contributed by atoms with van der Waals surface area (Å²) in [6.07, 6.45) is 0. The molecule has 0 aliphatic rings. The van der Waals surface area contributed by atoms with Crippen LogP contribution in [0.4, 0.5) is 16.2 Å². The second-order valence-electron chi connectivity index (χ2n) is 4.39. The van der Waals surface area contributed by atoms with Crippen LogP contribution in [0, 0.1) is 6.92 Å². The fourth-order valence-electron chi connectivity index (χ4n) is 1.82. The molecule has 2 rings (SSSR count). The summed E-state index contributed by atoms with van der Waals surface area (Å²) < 4.78 is 0.919. The minimum atomic E-state index is -1.09. The van der Waals surface area contributed by atoms with Crippen molar-refractivity contribution in [1.29, 1.82) is 0 Å². The number of halogens is 1. The van der Waals surface area contributed by atoms with E-state index in [0.717, 1.165) is 10.0 Å². The molecule has 2 aromatic carbocycles. The van der Waals surface area contributed by atoms with Crippen molar-refractivity contribution in [1.82, 2.24) is 0 Å². The number of carbonyl (C=O) groups is 2. The number of carboxylic acid groups (broad SMARTS) is 1. The minimum absolute atomic E-state index is 0.0418. The van der Waals surface area contributed by atoms with Crippen molar-refractivity contribution >= 4 is 39.3 Å². The molecule has 0 unspecified atom stereocenters. The molecule has 108 valence electrons. The fraction of sp³-hybridized carbons (Fsp3) is 0.0667. The maximum atomic E-state index is 12.0. The lowest BCUT2D eigenvalue weighted by Gasteiger charge is -2.11. The first-order chi connectivity index (χ1) is 9.97. The smallest absolute Gasteiger partial charge is 0.337 e. The third kappa shape index (κ3) is 3.82. The van der Waals surface area contributed by atoms with Gasteiger partial charge in [-0.2, -0.15) is 0 Å². The summed E-state index contributed by atoms with van der Waals surface area (Å²) in [6, 6.07) is 11.2. The predicted molar refractivity (Wildman–Crippen MR) is 84.9 cm³/mol. The SMILES string of the molecule is Cc1cc(Br)ccc1NC(=O)Nc1ccccc1C(=O)O. The van der Waals surface area contributed by atoms with Crippen molar-refractivity contribution in [2.75, 3.05) is 10.6 Å². The summed E-state index contributed by atoms with van der Waals surface area (Å²) >= 11 is 3.35. The zero-order valence-electron chi connectivity index (χ0n) is 11.2. The summed E-state index contributed by atoms with van der Waals surface area (Å²) in [4.78, 5) is 23.0. The van der Waals surface area contributed by atoms with Crippen LogP contribution in [-0.2, 0) is 0 Å². The monoisotopic (exact) mass is 348 g/mol. The number of amides is 2. The fourth-order valence-corrected chi connectivity index (χ4v) is 2.30. The van der Waals surface area contributed by atoms with Crippen molar-refractivity contribution in [2.24, 2.45) is 0 Å². The molecule has 2 amide bonds. The molecule has 0 spiro atoms. The number of nitrogens with one attached hydrogen (secondary N) is 2. The average molecular weight is 349 g/mol. The molecule has 21 heavy (non-hydrogen) atoms. The molecule has 0 atom stereocenters. The Bertz CT molecular complexity index is 701. The highest BCUT2D eigenvalue weighted by molar-refractivity contribution is 9.10. The molecule has 0 bridgehead atoms. The molecule has 0 saturated carbocycles. The van der Waals surface area contributed by atoms with E-state index < -0.39 is 12.0 Å². The predicted octanol–water partition coefficient (Wildman–Crippen LogP) is 4.10. The Labute approximate surface area is 130 Å². The third-order valence-electron chi connectivity index (χ3n) is 2.84. The van der Waals surface area contributed by atoms with Crippen molar-refractivity contribution in [3.05, 3.63) is 58.1 Å². The van der Waals surface area contributed by atoms with Gasteiger partial charge in [-0.1, -0.05) is 28.1 Å². The molecule has 0 aliphatic carbocycles. The highest BCUT2D eigenvalue weighted by atomic mass is 79.9. The number of hydrogen-bond donors (Lipinski definition) is 3. The zero-order chi connectivity index (χ0) is 15.4. The molecule has 3 N–H and O–H groups in total. The second-order valence-corrected chi connectivity index (χ2v) is 5.30. The highest BCUT2D eigenvalue weighted by Crippen LogP contribution is 2.21. The molecule has 5 nitrogen and oxygen atoms in total. The summed E-state index contributed by atoms with van der Waals surface area (Å²) in [5, 5.41) is 14.3. The number of anilines is 2. The number of aryl methyl sites for hydroxylation is 1. The van der Waals surface area contributed by atoms with Crippen molar-refractivity contribution in [3.8, 4) is 0 Å². The van der Waals surface area contributed by atoms with Crippen LogP contribution in [-0.4, -0.2) is 17.1 Å². The van der Waals surface area contributed by atoms with Crippen molar-refractivity contribution in [3.63, 3.8) is 0 Å². The molecule has 0 aromatic heterocycles. The van der Waals surface area contributed by atoms with Crippen molar-refractivity contribution < 1.29 is 14.7 Å². The number of urea groups is 1. The molecule has 0 aliphatic heterocycles. The minimum Gasteiger partial charge on any atom is -0.478 e. The highest BCUT2D eigenvalue weighted by Gasteiger charge is 2.12. The number of hydrogen-bond acceptors (Lipinski definition) is 2. The first-order valence-corrected chi connectivity index (χ1v) is 6.93. The molecule has 0 fully saturated rings. The molecule has 6 heteroatoms. The van der Waals surface area contributed by atoms with E-state index in [2.05, 4.69) is 26.6 Å². The largest absolute Gasteiger partial charge is 0.478 e. The standard InChI is InChI=1S/C15H13BrN2O3/c1-9-8-10(16)6-7-12(9)17-15(21)18-13-5-3-2-4-11(13)14(19)20/h2-8H,1H3,(H,19,20)(H2,17,18,21). The summed E-state index contributed by atoms with van der Waals surface area (Å²) in [5.74, 6) is -1.09. The van der Waals surface area contributed by atoms with E-state index in [9.17, 15) is 9.59 Å². The average Bonchev–Trinajstić information content (AvgIpc) is 2.42. The number of carbonyl (C=O) groups excluding carboxylic acids is 1. The Kier molecular flexibility index (Phi) is 4.59. The van der Waals surface area contributed by atoms with Gasteiger partial charge in [0.1, 0.15) is 0 Å². The first kappa shape index (κ1) is 15.1. The molecule has 0 heterocycles. The van der Waals surface area contributed by atoms with Gasteiger partial charge < -0.3 is 15.7 Å². The van der Waals surface area contributed by atoms with E-state index in [1.165, 1.54) is 12.1 Å². The summed E-state index contributed by atoms with van der Waals surface area (Å²) in [5.41, 5.74) is 1.84. The summed E-state index contributed by atoms with van der Waals surface area (Å²) in [6.45, 7) is 1.87. The quantitative estimate of drug-likeness (QED) is 0.781. The van der Waals surface area contributed by atoms with Crippen LogP contribution in [0.25, 0.3) is 0 Å². The maximum absolute atomic E-state index is 12.0. The van der Waals surface area contributed by atoms with Gasteiger partial charge in [0.2, 0.25) is 0 Å². The Balaban J connectivity index is 2.14. The van der Waals surface area contributed by atoms with Crippen LogP contribution in [0.3, 0.4) is 0 Å². The Morgan fingerprint density at radius 1 is 1.05 bits per heavy atom. The maximum Gasteiger partial charge on any atom is 0.337 e. The van der Waals surface area contributed by atoms with E-state index in [4.69, 9.17) is 5.11 Å². The van der Waals surface area contributed by atoms with E-state index in [1.54, 1.807) is 18.2 Å². The topological polar surface area (TPSA) is 78.4 Å². The van der Waals surface area contributed by atoms with E-state index in [-0.39, 0.29) is 11.3 Å². The molecular weight excluding hydrogens is 336 g/mol. The molecule has 0 saturated heterocycles. The second kappa shape index (κ2) is 6.41. The number of rotatable bonds is 3. The van der Waals surface area contributed by atoms with Gasteiger partial charge in [0.05, 0.1) is 11.3 Å². The number of carboxylic acids is 1. The van der Waals surface area contributed by atoms with Gasteiger partial charge in [-0.3, -0.25) is 0 Å². The lowest BCUT2D eigenvalue weighted by atomic mass is 10.2. The Morgan fingerprint density at radius 3 is 2.38 bits per heavy atom. The van der Waals surface area contributed by atoms with Crippen LogP contribution in [0.1, 0.15) is 15.9 Å². The lowest BCUT2D eigenvalue weighted by molar-refractivity contribution is 0.0698. The van der Waals surface area contributed by atoms with Crippen LogP contribution < -0.4 is 10.6 Å². The lowest BCUT2D eigenvalue weighted by Crippen LogP contribution is -2.21. The normalized spacial score (nSPS) is 10.0. The molecular formula is C15H13BrN2O3. The number of para-hydroxylation sites is 1. The molecule has 2 aromatic rings. The van der Waals surface area contributed by atoms with Crippen LogP contribution in [0.15, 0.2) is 46.9 Å². The number of benzene rings is 2. The first-order valence-electron chi connectivity index (χ1n) is 6.14. The van der Waals surface area contributed by atoms with Crippen LogP contribution in [0.2, 0.25) is 0 Å². The van der Waals surface area contributed by atoms with Crippen molar-refractivity contribution in [2.45, 2.75) is 6.92 Å². The van der Waals surface area contributed by atoms with E-state index in [1.807, 2.05) is 19.1 Å². The Hall–Kier alpha value is -2.34. The van der Waals surface area contributed by atoms with Gasteiger partial charge in [-0.15, -0.1) is 0 Å². The van der Waals surface area contributed by atoms with E-state index in [0.29, 0.717) is 5.69 Å². The number of aromatic carboxylic acids is 1. The van der Waals surface area contributed by atoms with Gasteiger partial charge in [-0.05, 0) is 42.8 Å². The summed E-state index contributed by atoms with van der Waals surface area (Å²) in [7, 11) is 0.